The Labute approximate surface area is 133 Å². The molecule has 0 atom stereocenters. The predicted octanol–water partition coefficient (Wildman–Crippen LogP) is 5.06. The van der Waals surface area contributed by atoms with Crippen molar-refractivity contribution in [3.8, 4) is 11.5 Å². The molecule has 2 aromatic rings. The molecular formula is C15H17Cl2N3O. The van der Waals surface area contributed by atoms with Crippen molar-refractivity contribution in [3.63, 3.8) is 0 Å². The van der Waals surface area contributed by atoms with E-state index in [1.807, 2.05) is 0 Å². The molecule has 1 aliphatic rings. The van der Waals surface area contributed by atoms with Crippen molar-refractivity contribution in [2.75, 3.05) is 5.73 Å². The van der Waals surface area contributed by atoms with Crippen LogP contribution in [0.5, 0.6) is 0 Å². The largest absolute Gasteiger partial charge is 0.397 e. The summed E-state index contributed by atoms with van der Waals surface area (Å²) in [4.78, 5) is 4.51. The molecule has 3 rings (SSSR count). The Balaban J connectivity index is 1.93. The third kappa shape index (κ3) is 3.01. The lowest BCUT2D eigenvalue weighted by molar-refractivity contribution is 0.410. The molecule has 0 amide bonds. The van der Waals surface area contributed by atoms with Crippen molar-refractivity contribution < 1.29 is 4.52 Å². The monoisotopic (exact) mass is 325 g/mol. The minimum atomic E-state index is 0.347. The third-order valence-corrected chi connectivity index (χ3v) is 4.66. The van der Waals surface area contributed by atoms with Crippen molar-refractivity contribution in [2.24, 2.45) is 0 Å². The van der Waals surface area contributed by atoms with Crippen LogP contribution in [-0.4, -0.2) is 10.1 Å². The molecule has 1 aromatic carbocycles. The number of hydrogen-bond acceptors (Lipinski definition) is 4. The fraction of sp³-hybridized carbons (Fsp3) is 0.467. The van der Waals surface area contributed by atoms with E-state index in [-0.39, 0.29) is 0 Å². The molecule has 1 heterocycles. The van der Waals surface area contributed by atoms with Crippen LogP contribution in [-0.2, 0) is 0 Å². The van der Waals surface area contributed by atoms with Crippen molar-refractivity contribution in [1.29, 1.82) is 0 Å². The molecule has 0 aliphatic heterocycles. The molecule has 1 aromatic heterocycles. The summed E-state index contributed by atoms with van der Waals surface area (Å²) in [5.41, 5.74) is 6.88. The van der Waals surface area contributed by atoms with Crippen LogP contribution in [0.4, 0.5) is 5.69 Å². The molecule has 0 radical (unpaired) electrons. The molecule has 4 nitrogen and oxygen atoms in total. The van der Waals surface area contributed by atoms with E-state index in [2.05, 4.69) is 10.1 Å². The Morgan fingerprint density at radius 2 is 1.71 bits per heavy atom. The number of halogens is 2. The fourth-order valence-corrected chi connectivity index (χ4v) is 3.23. The minimum absolute atomic E-state index is 0.347. The van der Waals surface area contributed by atoms with Crippen LogP contribution in [0.15, 0.2) is 16.7 Å². The maximum Gasteiger partial charge on any atom is 0.261 e. The molecule has 112 valence electrons. The molecule has 1 aliphatic carbocycles. The maximum absolute atomic E-state index is 6.19. The van der Waals surface area contributed by atoms with E-state index >= 15 is 0 Å². The van der Waals surface area contributed by atoms with Crippen LogP contribution in [0.1, 0.15) is 50.3 Å². The van der Waals surface area contributed by atoms with Crippen LogP contribution in [0.2, 0.25) is 10.0 Å². The zero-order valence-corrected chi connectivity index (χ0v) is 13.1. The van der Waals surface area contributed by atoms with Crippen LogP contribution >= 0.6 is 23.2 Å². The van der Waals surface area contributed by atoms with Gasteiger partial charge >= 0.3 is 0 Å². The first kappa shape index (κ1) is 14.7. The van der Waals surface area contributed by atoms with E-state index < -0.39 is 0 Å². The highest BCUT2D eigenvalue weighted by Crippen LogP contribution is 2.38. The lowest BCUT2D eigenvalue weighted by atomic mass is 10.00. The number of anilines is 1. The van der Waals surface area contributed by atoms with Gasteiger partial charge in [0.1, 0.15) is 0 Å². The topological polar surface area (TPSA) is 64.9 Å². The van der Waals surface area contributed by atoms with Gasteiger partial charge in [-0.3, -0.25) is 0 Å². The van der Waals surface area contributed by atoms with Crippen molar-refractivity contribution in [2.45, 2.75) is 44.4 Å². The molecule has 0 bridgehead atoms. The van der Waals surface area contributed by atoms with Gasteiger partial charge in [-0.05, 0) is 25.0 Å². The zero-order valence-electron chi connectivity index (χ0n) is 11.6. The summed E-state index contributed by atoms with van der Waals surface area (Å²) in [5.74, 6) is 1.46. The van der Waals surface area contributed by atoms with E-state index in [0.717, 1.165) is 18.7 Å². The van der Waals surface area contributed by atoms with E-state index in [0.29, 0.717) is 33.1 Å². The second-order valence-electron chi connectivity index (χ2n) is 5.46. The van der Waals surface area contributed by atoms with Gasteiger partial charge in [-0.1, -0.05) is 54.0 Å². The van der Waals surface area contributed by atoms with E-state index in [9.17, 15) is 0 Å². The number of aromatic nitrogens is 2. The van der Waals surface area contributed by atoms with Gasteiger partial charge < -0.3 is 10.3 Å². The average Bonchev–Trinajstić information content (AvgIpc) is 2.78. The van der Waals surface area contributed by atoms with Gasteiger partial charge in [-0.25, -0.2) is 0 Å². The Kier molecular flexibility index (Phi) is 4.36. The molecule has 0 saturated heterocycles. The van der Waals surface area contributed by atoms with Crippen molar-refractivity contribution >= 4 is 28.9 Å². The van der Waals surface area contributed by atoms with E-state index in [4.69, 9.17) is 33.5 Å². The van der Waals surface area contributed by atoms with Crippen molar-refractivity contribution in [3.05, 3.63) is 28.0 Å². The summed E-state index contributed by atoms with van der Waals surface area (Å²) in [6.45, 7) is 0. The normalized spacial score (nSPS) is 16.9. The molecule has 6 heteroatoms. The number of nitrogens with zero attached hydrogens (tertiary/aromatic N) is 2. The third-order valence-electron chi connectivity index (χ3n) is 4.02. The molecule has 0 unspecified atom stereocenters. The first-order valence-corrected chi connectivity index (χ1v) is 8.00. The summed E-state index contributed by atoms with van der Waals surface area (Å²) in [6, 6.07) is 3.34. The predicted molar refractivity (Wildman–Crippen MR) is 84.6 cm³/mol. The number of benzene rings is 1. The number of nitrogen functional groups attached to an aromatic ring is 1. The van der Waals surface area contributed by atoms with E-state index in [1.54, 1.807) is 12.1 Å². The lowest BCUT2D eigenvalue weighted by Gasteiger charge is -2.08. The Bertz CT molecular complexity index is 634. The average molecular weight is 326 g/mol. The highest BCUT2D eigenvalue weighted by atomic mass is 35.5. The highest BCUT2D eigenvalue weighted by molar-refractivity contribution is 6.37. The Hall–Kier alpha value is -1.26. The van der Waals surface area contributed by atoms with Crippen molar-refractivity contribution in [1.82, 2.24) is 10.1 Å². The van der Waals surface area contributed by atoms with E-state index in [1.165, 1.54) is 25.7 Å². The molecule has 1 saturated carbocycles. The Morgan fingerprint density at radius 3 is 2.43 bits per heavy atom. The minimum Gasteiger partial charge on any atom is -0.397 e. The summed E-state index contributed by atoms with van der Waals surface area (Å²) in [6.07, 6.45) is 7.22. The van der Waals surface area contributed by atoms with Gasteiger partial charge in [0, 0.05) is 5.92 Å². The van der Waals surface area contributed by atoms with Crippen LogP contribution in [0, 0.1) is 0 Å². The van der Waals surface area contributed by atoms with Gasteiger partial charge in [-0.15, -0.1) is 0 Å². The van der Waals surface area contributed by atoms with Gasteiger partial charge in [0.05, 0.1) is 21.3 Å². The summed E-state index contributed by atoms with van der Waals surface area (Å²) in [7, 11) is 0. The SMILES string of the molecule is Nc1c(Cl)ccc(Cl)c1-c1nc(C2CCCCCC2)no1. The standard InChI is InChI=1S/C15H17Cl2N3O/c16-10-7-8-11(17)13(18)12(10)15-19-14(20-21-15)9-5-3-1-2-4-6-9/h7-9H,1-6,18H2. The quantitative estimate of drug-likeness (QED) is 0.618. The fourth-order valence-electron chi connectivity index (χ4n) is 2.82. The summed E-state index contributed by atoms with van der Waals surface area (Å²) >= 11 is 12.2. The highest BCUT2D eigenvalue weighted by Gasteiger charge is 2.23. The van der Waals surface area contributed by atoms with Crippen LogP contribution in [0.25, 0.3) is 11.5 Å². The lowest BCUT2D eigenvalue weighted by Crippen LogP contribution is -2.00. The zero-order chi connectivity index (χ0) is 14.8. The van der Waals surface area contributed by atoms with Gasteiger partial charge in [0.15, 0.2) is 5.82 Å². The molecule has 1 fully saturated rings. The number of hydrogen-bond donors (Lipinski definition) is 1. The summed E-state index contributed by atoms with van der Waals surface area (Å²) in [5, 5.41) is 5.03. The van der Waals surface area contributed by atoms with Crippen LogP contribution in [0.3, 0.4) is 0 Å². The van der Waals surface area contributed by atoms with Gasteiger partial charge in [0.25, 0.3) is 5.89 Å². The molecule has 2 N–H and O–H groups in total. The molecule has 0 spiro atoms. The van der Waals surface area contributed by atoms with Gasteiger partial charge in [0.2, 0.25) is 0 Å². The first-order valence-electron chi connectivity index (χ1n) is 7.24. The number of rotatable bonds is 2. The first-order chi connectivity index (χ1) is 10.2. The summed E-state index contributed by atoms with van der Waals surface area (Å²) < 4.78 is 5.38. The van der Waals surface area contributed by atoms with Crippen LogP contribution < -0.4 is 5.73 Å². The Morgan fingerprint density at radius 1 is 1.05 bits per heavy atom. The second-order valence-corrected chi connectivity index (χ2v) is 6.28. The van der Waals surface area contributed by atoms with Gasteiger partial charge in [-0.2, -0.15) is 4.98 Å². The molecule has 21 heavy (non-hydrogen) atoms. The number of nitrogens with two attached hydrogens (primary N) is 1. The molecular weight excluding hydrogens is 309 g/mol. The maximum atomic E-state index is 6.19. The second kappa shape index (κ2) is 6.24. The smallest absolute Gasteiger partial charge is 0.261 e.